The van der Waals surface area contributed by atoms with Gasteiger partial charge in [0.25, 0.3) is 0 Å². The molecule has 20 heavy (non-hydrogen) atoms. The fourth-order valence-electron chi connectivity index (χ4n) is 2.33. The molecule has 1 aliphatic rings. The van der Waals surface area contributed by atoms with Gasteiger partial charge in [-0.15, -0.1) is 0 Å². The molecule has 1 rings (SSSR count). The van der Waals surface area contributed by atoms with Crippen molar-refractivity contribution < 1.29 is 19.4 Å². The average molecular weight is 286 g/mol. The number of hydrogen-bond donors (Lipinski definition) is 3. The molecular formula is C14H26N2O4. The Balaban J connectivity index is 2.16. The fourth-order valence-corrected chi connectivity index (χ4v) is 2.33. The van der Waals surface area contributed by atoms with Crippen LogP contribution in [-0.4, -0.2) is 41.9 Å². The van der Waals surface area contributed by atoms with Gasteiger partial charge < -0.3 is 20.5 Å². The normalized spacial score (nSPS) is 22.9. The molecule has 3 N–H and O–H groups in total. The number of nitrogens with one attached hydrogen (secondary N) is 2. The van der Waals surface area contributed by atoms with Crippen molar-refractivity contribution in [2.24, 2.45) is 5.92 Å². The van der Waals surface area contributed by atoms with E-state index in [0.717, 1.165) is 12.8 Å². The van der Waals surface area contributed by atoms with E-state index in [1.807, 2.05) is 13.8 Å². The first-order valence-corrected chi connectivity index (χ1v) is 7.21. The topological polar surface area (TPSA) is 87.7 Å². The third kappa shape index (κ3) is 6.23. The summed E-state index contributed by atoms with van der Waals surface area (Å²) < 4.78 is 5.60. The summed E-state index contributed by atoms with van der Waals surface area (Å²) in [4.78, 5) is 22.4. The Bertz CT molecular complexity index is 344. The lowest BCUT2D eigenvalue weighted by atomic mass is 9.94. The Morgan fingerprint density at radius 1 is 1.45 bits per heavy atom. The number of aliphatic carboxylic acids is 1. The predicted octanol–water partition coefficient (Wildman–Crippen LogP) is 1.74. The van der Waals surface area contributed by atoms with Crippen LogP contribution in [0.15, 0.2) is 0 Å². The number of ether oxygens (including phenoxy) is 1. The van der Waals surface area contributed by atoms with Crippen molar-refractivity contribution >= 4 is 12.0 Å². The Labute approximate surface area is 120 Å². The van der Waals surface area contributed by atoms with Crippen LogP contribution in [0, 0.1) is 5.92 Å². The zero-order valence-electron chi connectivity index (χ0n) is 12.6. The highest BCUT2D eigenvalue weighted by atomic mass is 16.5. The molecule has 0 aliphatic carbocycles. The molecular weight excluding hydrogens is 260 g/mol. The van der Waals surface area contributed by atoms with E-state index in [-0.39, 0.29) is 23.6 Å². The van der Waals surface area contributed by atoms with E-state index in [2.05, 4.69) is 10.6 Å². The Kier molecular flexibility index (Phi) is 6.26. The molecule has 1 saturated heterocycles. The number of hydrogen-bond acceptors (Lipinski definition) is 3. The highest BCUT2D eigenvalue weighted by Crippen LogP contribution is 2.23. The first kappa shape index (κ1) is 16.8. The van der Waals surface area contributed by atoms with E-state index in [0.29, 0.717) is 26.0 Å². The lowest BCUT2D eigenvalue weighted by Gasteiger charge is -2.35. The first-order chi connectivity index (χ1) is 9.30. The number of carbonyl (C=O) groups excluding carboxylic acids is 1. The van der Waals surface area contributed by atoms with E-state index in [4.69, 9.17) is 9.84 Å². The van der Waals surface area contributed by atoms with Gasteiger partial charge in [0.15, 0.2) is 0 Å². The van der Waals surface area contributed by atoms with Crippen molar-refractivity contribution in [1.82, 2.24) is 10.6 Å². The second-order valence-electron chi connectivity index (χ2n) is 6.08. The Morgan fingerprint density at radius 2 is 2.15 bits per heavy atom. The van der Waals surface area contributed by atoms with Gasteiger partial charge in [-0.25, -0.2) is 4.79 Å². The quantitative estimate of drug-likeness (QED) is 0.649. The second-order valence-corrected chi connectivity index (χ2v) is 6.08. The average Bonchev–Trinajstić information content (AvgIpc) is 2.32. The van der Waals surface area contributed by atoms with Crippen molar-refractivity contribution in [1.29, 1.82) is 0 Å². The number of rotatable bonds is 6. The van der Waals surface area contributed by atoms with Gasteiger partial charge in [-0.1, -0.05) is 6.92 Å². The minimum atomic E-state index is -0.793. The van der Waals surface area contributed by atoms with Crippen LogP contribution in [0.5, 0.6) is 0 Å². The molecule has 1 fully saturated rings. The van der Waals surface area contributed by atoms with E-state index >= 15 is 0 Å². The SMILES string of the molecule is CC(CCCNC(=O)NC1CCOC(C)(C)C1)C(=O)O. The maximum atomic E-state index is 11.7. The van der Waals surface area contributed by atoms with Crippen molar-refractivity contribution in [2.45, 2.75) is 58.1 Å². The van der Waals surface area contributed by atoms with Gasteiger partial charge in [0.1, 0.15) is 0 Å². The van der Waals surface area contributed by atoms with Crippen LogP contribution in [0.4, 0.5) is 4.79 Å². The number of urea groups is 1. The molecule has 1 aliphatic heterocycles. The summed E-state index contributed by atoms with van der Waals surface area (Å²) >= 11 is 0. The highest BCUT2D eigenvalue weighted by molar-refractivity contribution is 5.74. The number of carboxylic acid groups (broad SMARTS) is 1. The maximum Gasteiger partial charge on any atom is 0.315 e. The molecule has 0 aromatic carbocycles. The van der Waals surface area contributed by atoms with E-state index < -0.39 is 5.97 Å². The number of amides is 2. The van der Waals surface area contributed by atoms with Crippen LogP contribution in [-0.2, 0) is 9.53 Å². The molecule has 0 saturated carbocycles. The Hall–Kier alpha value is -1.30. The number of carboxylic acids is 1. The molecule has 2 unspecified atom stereocenters. The summed E-state index contributed by atoms with van der Waals surface area (Å²) in [5.74, 6) is -1.16. The number of carbonyl (C=O) groups is 2. The Morgan fingerprint density at radius 3 is 2.75 bits per heavy atom. The van der Waals surface area contributed by atoms with Gasteiger partial charge in [-0.3, -0.25) is 4.79 Å². The molecule has 6 heteroatoms. The van der Waals surface area contributed by atoms with Gasteiger partial charge in [0.2, 0.25) is 0 Å². The molecule has 0 radical (unpaired) electrons. The van der Waals surface area contributed by atoms with Crippen molar-refractivity contribution in [2.75, 3.05) is 13.2 Å². The molecule has 0 aromatic rings. The minimum absolute atomic E-state index is 0.136. The van der Waals surface area contributed by atoms with Gasteiger partial charge in [0.05, 0.1) is 11.5 Å². The lowest BCUT2D eigenvalue weighted by Crippen LogP contribution is -2.49. The van der Waals surface area contributed by atoms with E-state index in [1.165, 1.54) is 0 Å². The van der Waals surface area contributed by atoms with Crippen molar-refractivity contribution in [3.63, 3.8) is 0 Å². The molecule has 0 spiro atoms. The minimum Gasteiger partial charge on any atom is -0.481 e. The summed E-state index contributed by atoms with van der Waals surface area (Å²) in [6.07, 6.45) is 2.86. The molecule has 2 amide bonds. The molecule has 116 valence electrons. The van der Waals surface area contributed by atoms with Crippen LogP contribution < -0.4 is 10.6 Å². The zero-order valence-corrected chi connectivity index (χ0v) is 12.6. The highest BCUT2D eigenvalue weighted by Gasteiger charge is 2.29. The van der Waals surface area contributed by atoms with Gasteiger partial charge >= 0.3 is 12.0 Å². The van der Waals surface area contributed by atoms with Crippen molar-refractivity contribution in [3.05, 3.63) is 0 Å². The smallest absolute Gasteiger partial charge is 0.315 e. The monoisotopic (exact) mass is 286 g/mol. The molecule has 6 nitrogen and oxygen atoms in total. The van der Waals surface area contributed by atoms with Crippen LogP contribution in [0.25, 0.3) is 0 Å². The van der Waals surface area contributed by atoms with Crippen LogP contribution in [0.2, 0.25) is 0 Å². The second kappa shape index (κ2) is 7.47. The molecule has 1 heterocycles. The molecule has 2 atom stereocenters. The van der Waals surface area contributed by atoms with E-state index in [1.54, 1.807) is 6.92 Å². The van der Waals surface area contributed by atoms with E-state index in [9.17, 15) is 9.59 Å². The maximum absolute atomic E-state index is 11.7. The van der Waals surface area contributed by atoms with Crippen LogP contribution in [0.1, 0.15) is 46.5 Å². The standard InChI is InChI=1S/C14H26N2O4/c1-10(12(17)18)5-4-7-15-13(19)16-11-6-8-20-14(2,3)9-11/h10-11H,4-9H2,1-3H3,(H,17,18)(H2,15,16,19). The van der Waals surface area contributed by atoms with Gasteiger partial charge in [0, 0.05) is 19.2 Å². The largest absolute Gasteiger partial charge is 0.481 e. The lowest BCUT2D eigenvalue weighted by molar-refractivity contribution is -0.141. The zero-order chi connectivity index (χ0) is 15.2. The first-order valence-electron chi connectivity index (χ1n) is 7.21. The third-order valence-electron chi connectivity index (χ3n) is 3.55. The predicted molar refractivity (Wildman–Crippen MR) is 75.6 cm³/mol. The summed E-state index contributed by atoms with van der Waals surface area (Å²) in [6.45, 7) is 6.87. The summed E-state index contributed by atoms with van der Waals surface area (Å²) in [5, 5.41) is 14.5. The van der Waals surface area contributed by atoms with Gasteiger partial charge in [-0.05, 0) is 39.5 Å². The summed E-state index contributed by atoms with van der Waals surface area (Å²) in [7, 11) is 0. The summed E-state index contributed by atoms with van der Waals surface area (Å²) in [6, 6.07) is -0.0487. The fraction of sp³-hybridized carbons (Fsp3) is 0.857. The van der Waals surface area contributed by atoms with Gasteiger partial charge in [-0.2, -0.15) is 0 Å². The van der Waals surface area contributed by atoms with Crippen molar-refractivity contribution in [3.8, 4) is 0 Å². The third-order valence-corrected chi connectivity index (χ3v) is 3.55. The summed E-state index contributed by atoms with van der Waals surface area (Å²) in [5.41, 5.74) is -0.187. The molecule has 0 bridgehead atoms. The van der Waals surface area contributed by atoms with Crippen LogP contribution in [0.3, 0.4) is 0 Å². The van der Waals surface area contributed by atoms with Crippen LogP contribution >= 0.6 is 0 Å². The molecule has 0 aromatic heterocycles.